The van der Waals surface area contributed by atoms with E-state index in [2.05, 4.69) is 19.8 Å². The van der Waals surface area contributed by atoms with E-state index in [0.717, 1.165) is 5.92 Å². The third-order valence-electron chi connectivity index (χ3n) is 1.24. The largest absolute Gasteiger partial charge is 0.0620 e. The fourth-order valence-electron chi connectivity index (χ4n) is 0.814. The monoisotopic (exact) mass is 82.1 g/mol. The smallest absolute Gasteiger partial charge is 0.0355 e. The van der Waals surface area contributed by atoms with Crippen LogP contribution in [0.4, 0.5) is 0 Å². The summed E-state index contributed by atoms with van der Waals surface area (Å²) in [7, 11) is 0. The summed E-state index contributed by atoms with van der Waals surface area (Å²) in [6.07, 6.45) is 7.31. The summed E-state index contributed by atoms with van der Waals surface area (Å²) in [4.78, 5) is 0. The zero-order chi connectivity index (χ0) is 4.41. The van der Waals surface area contributed by atoms with Crippen molar-refractivity contribution in [1.29, 1.82) is 0 Å². The molecule has 0 aliphatic heterocycles. The summed E-state index contributed by atoms with van der Waals surface area (Å²) in [6, 6.07) is 0. The van der Waals surface area contributed by atoms with E-state index in [9.17, 15) is 0 Å². The van der Waals surface area contributed by atoms with E-state index in [1.807, 2.05) is 0 Å². The molecule has 1 rings (SSSR count). The molecule has 0 heterocycles. The van der Waals surface area contributed by atoms with Gasteiger partial charge in [0.1, 0.15) is 0 Å². The van der Waals surface area contributed by atoms with Crippen LogP contribution in [0.5, 0.6) is 0 Å². The van der Waals surface area contributed by atoms with Gasteiger partial charge in [0, 0.05) is 0 Å². The van der Waals surface area contributed by atoms with Gasteiger partial charge in [0.2, 0.25) is 0 Å². The molecule has 0 N–H and O–H groups in total. The Morgan fingerprint density at radius 2 is 1.83 bits per heavy atom. The molecule has 1 aliphatic rings. The summed E-state index contributed by atoms with van der Waals surface area (Å²) in [5.74, 6) is 0.796. The Morgan fingerprint density at radius 1 is 1.33 bits per heavy atom. The van der Waals surface area contributed by atoms with Crippen LogP contribution in [0.1, 0.15) is 19.8 Å². The van der Waals surface area contributed by atoms with Crippen LogP contribution in [0.3, 0.4) is 0 Å². The van der Waals surface area contributed by atoms with Crippen molar-refractivity contribution in [2.24, 2.45) is 5.92 Å². The third-order valence-corrected chi connectivity index (χ3v) is 1.24. The van der Waals surface area contributed by atoms with E-state index in [1.54, 1.807) is 0 Å². The van der Waals surface area contributed by atoms with E-state index >= 15 is 0 Å². The summed E-state index contributed by atoms with van der Waals surface area (Å²) in [5.41, 5.74) is 0. The van der Waals surface area contributed by atoms with Gasteiger partial charge in [0.05, 0.1) is 0 Å². The van der Waals surface area contributed by atoms with Gasteiger partial charge in [-0.05, 0) is 31.6 Å². The van der Waals surface area contributed by atoms with E-state index in [0.29, 0.717) is 0 Å². The quantitative estimate of drug-likeness (QED) is 0.418. The van der Waals surface area contributed by atoms with E-state index in [4.69, 9.17) is 0 Å². The first-order valence-electron chi connectivity index (χ1n) is 2.56. The minimum absolute atomic E-state index is 0.796. The highest BCUT2D eigenvalue weighted by atomic mass is 14.1. The van der Waals surface area contributed by atoms with Crippen molar-refractivity contribution in [3.8, 4) is 0 Å². The molecule has 0 unspecified atom stereocenters. The summed E-state index contributed by atoms with van der Waals surface area (Å²) < 4.78 is 0. The first kappa shape index (κ1) is 4.17. The van der Waals surface area contributed by atoms with E-state index < -0.39 is 0 Å². The molecule has 34 valence electrons. The maximum absolute atomic E-state index is 2.35. The Labute approximate surface area is 39.6 Å². The van der Waals surface area contributed by atoms with Gasteiger partial charge < -0.3 is 0 Å². The van der Waals surface area contributed by atoms with Crippen LogP contribution in [-0.4, -0.2) is 0 Å². The number of hydrogen-bond acceptors (Lipinski definition) is 0. The molecule has 1 aliphatic carbocycles. The predicted molar refractivity (Wildman–Crippen MR) is 27.0 cm³/mol. The molecule has 0 aromatic carbocycles. The molecule has 0 bridgehead atoms. The Kier molecular flexibility index (Phi) is 1.13. The zero-order valence-electron chi connectivity index (χ0n) is 4.15. The van der Waals surface area contributed by atoms with Gasteiger partial charge in [0.25, 0.3) is 0 Å². The van der Waals surface area contributed by atoms with Crippen molar-refractivity contribution in [3.63, 3.8) is 0 Å². The van der Waals surface area contributed by atoms with Crippen LogP contribution in [0.15, 0.2) is 0 Å². The van der Waals surface area contributed by atoms with Crippen molar-refractivity contribution in [2.75, 3.05) is 0 Å². The van der Waals surface area contributed by atoms with Crippen LogP contribution in [0, 0.1) is 18.8 Å². The van der Waals surface area contributed by atoms with E-state index in [-0.39, 0.29) is 0 Å². The molecule has 0 nitrogen and oxygen atoms in total. The Balaban J connectivity index is 2.18. The van der Waals surface area contributed by atoms with Crippen LogP contribution in [-0.2, 0) is 0 Å². The van der Waals surface area contributed by atoms with Crippen molar-refractivity contribution in [2.45, 2.75) is 19.8 Å². The molecule has 0 aromatic rings. The maximum atomic E-state index is 2.35. The molecule has 2 radical (unpaired) electrons. The Bertz CT molecular complexity index is 33.3. The number of rotatable bonds is 0. The molecule has 0 amide bonds. The first-order chi connectivity index (χ1) is 2.89. The Hall–Kier alpha value is 0. The van der Waals surface area contributed by atoms with Crippen molar-refractivity contribution < 1.29 is 0 Å². The fourth-order valence-corrected chi connectivity index (χ4v) is 0.814. The lowest BCUT2D eigenvalue weighted by atomic mass is 10.2. The van der Waals surface area contributed by atoms with Gasteiger partial charge in [-0.25, -0.2) is 0 Å². The predicted octanol–water partition coefficient (Wildman–Crippen LogP) is 1.82. The summed E-state index contributed by atoms with van der Waals surface area (Å²) in [6.45, 7) is 2.23. The Morgan fingerprint density at radius 3 is 2.00 bits per heavy atom. The molecule has 1 saturated carbocycles. The molecule has 0 saturated heterocycles. The van der Waals surface area contributed by atoms with Crippen molar-refractivity contribution >= 4 is 0 Å². The average molecular weight is 82.1 g/mol. The van der Waals surface area contributed by atoms with E-state index in [1.165, 1.54) is 12.8 Å². The lowest BCUT2D eigenvalue weighted by molar-refractivity contribution is 0.844. The highest BCUT2D eigenvalue weighted by Gasteiger charge is 2.08. The maximum Gasteiger partial charge on any atom is -0.0355 e. The van der Waals surface area contributed by atoms with Crippen LogP contribution < -0.4 is 0 Å². The normalized spacial score (nSPS) is 25.5. The fraction of sp³-hybridized carbons (Fsp3) is 0.667. The van der Waals surface area contributed by atoms with Crippen LogP contribution >= 0.6 is 0 Å². The second-order valence-electron chi connectivity index (χ2n) is 1.91. The lowest BCUT2D eigenvalue weighted by Crippen LogP contribution is -1.80. The van der Waals surface area contributed by atoms with Crippen molar-refractivity contribution in [3.05, 3.63) is 12.8 Å². The summed E-state index contributed by atoms with van der Waals surface area (Å²) in [5, 5.41) is 0. The number of hydrogen-bond donors (Lipinski definition) is 0. The van der Waals surface area contributed by atoms with Crippen LogP contribution in [0.2, 0.25) is 0 Å². The highest BCUT2D eigenvalue weighted by Crippen LogP contribution is 2.20. The van der Waals surface area contributed by atoms with Gasteiger partial charge in [0.15, 0.2) is 0 Å². The molecule has 0 atom stereocenters. The molecule has 0 heteroatoms. The minimum atomic E-state index is 0.796. The SMILES string of the molecule is CC1[CH]CC[CH]1. The second kappa shape index (κ2) is 1.63. The van der Waals surface area contributed by atoms with Gasteiger partial charge in [-0.2, -0.15) is 0 Å². The molecular weight excluding hydrogens is 72.1 g/mol. The average Bonchev–Trinajstić information content (AvgIpc) is 1.86. The molecule has 6 heavy (non-hydrogen) atoms. The highest BCUT2D eigenvalue weighted by molar-refractivity contribution is 4.92. The minimum Gasteiger partial charge on any atom is -0.0620 e. The van der Waals surface area contributed by atoms with Crippen LogP contribution in [0.25, 0.3) is 0 Å². The first-order valence-corrected chi connectivity index (χ1v) is 2.56. The van der Waals surface area contributed by atoms with Gasteiger partial charge in [-0.15, -0.1) is 0 Å². The standard InChI is InChI=1S/C6H10/c1-6-4-2-3-5-6/h4-6H,2-3H2,1H3. The molecule has 0 spiro atoms. The summed E-state index contributed by atoms with van der Waals surface area (Å²) >= 11 is 0. The lowest BCUT2D eigenvalue weighted by Gasteiger charge is -1.90. The molecule has 0 aromatic heterocycles. The topological polar surface area (TPSA) is 0 Å². The van der Waals surface area contributed by atoms with Gasteiger partial charge in [-0.1, -0.05) is 6.92 Å². The third kappa shape index (κ3) is 0.735. The molecular formula is C6H10. The van der Waals surface area contributed by atoms with Gasteiger partial charge in [-0.3, -0.25) is 0 Å². The van der Waals surface area contributed by atoms with Crippen molar-refractivity contribution in [1.82, 2.24) is 0 Å². The zero-order valence-corrected chi connectivity index (χ0v) is 4.15. The molecule has 1 fully saturated rings. The van der Waals surface area contributed by atoms with Gasteiger partial charge >= 0.3 is 0 Å². The second-order valence-corrected chi connectivity index (χ2v) is 1.91.